The van der Waals surface area contributed by atoms with E-state index in [4.69, 9.17) is 13.3 Å². The van der Waals surface area contributed by atoms with Crippen molar-refractivity contribution >= 4 is 121 Å². The van der Waals surface area contributed by atoms with Gasteiger partial charge in [0.1, 0.15) is 22.3 Å². The Morgan fingerprint density at radius 1 is 0.371 bits per heavy atom. The predicted octanol–water partition coefficient (Wildman–Crippen LogP) is 19.7. The summed E-state index contributed by atoms with van der Waals surface area (Å²) in [5.74, 6) is 0.307. The Hall–Kier alpha value is -8.28. The summed E-state index contributed by atoms with van der Waals surface area (Å²) >= 11 is 0. The first-order valence-electron chi connectivity index (χ1n) is 24.4. The number of hydrogen-bond acceptors (Lipinski definition) is 5. The highest BCUT2D eigenvalue weighted by Crippen LogP contribution is 2.52. The van der Waals surface area contributed by atoms with Crippen LogP contribution in [0, 0.1) is 13.8 Å². The SMILES string of the molecule is Cc1cccc(N(c2cc3c(oc4cc(N(c5cccc(C)c5)c5cccc6c5oc5c(C(C)(C)C)cccc56)c5ccccc5c43)c3ccccc23)c2cccc3c2oc2c(C(C)C)cccc23)c1. The molecule has 0 aliphatic rings. The molecule has 0 aliphatic carbocycles. The van der Waals surface area contributed by atoms with E-state index in [0.717, 1.165) is 121 Å². The topological polar surface area (TPSA) is 45.9 Å². The van der Waals surface area contributed by atoms with Gasteiger partial charge in [0, 0.05) is 71.5 Å². The van der Waals surface area contributed by atoms with Gasteiger partial charge in [-0.15, -0.1) is 0 Å². The van der Waals surface area contributed by atoms with E-state index in [9.17, 15) is 0 Å². The van der Waals surface area contributed by atoms with Crippen molar-refractivity contribution in [1.29, 1.82) is 0 Å². The predicted molar refractivity (Wildman–Crippen MR) is 295 cm³/mol. The Balaban J connectivity index is 1.10. The van der Waals surface area contributed by atoms with Crippen LogP contribution in [0.25, 0.3) is 87.4 Å². The van der Waals surface area contributed by atoms with E-state index in [1.54, 1.807) is 0 Å². The molecule has 10 aromatic carbocycles. The molecule has 5 nitrogen and oxygen atoms in total. The van der Waals surface area contributed by atoms with E-state index in [-0.39, 0.29) is 5.41 Å². The molecule has 13 aromatic rings. The first-order valence-corrected chi connectivity index (χ1v) is 24.4. The van der Waals surface area contributed by atoms with Crippen molar-refractivity contribution in [2.75, 3.05) is 9.80 Å². The van der Waals surface area contributed by atoms with Crippen LogP contribution in [0.2, 0.25) is 0 Å². The molecule has 3 heterocycles. The van der Waals surface area contributed by atoms with E-state index in [0.29, 0.717) is 5.92 Å². The Labute approximate surface area is 406 Å². The Kier molecular flexibility index (Phi) is 9.35. The zero-order valence-corrected chi connectivity index (χ0v) is 40.5. The standard InChI is InChI=1S/C65H52N2O3/c1-38(2)43-26-14-27-48-50-29-16-32-54(63(50)69-60(43)48)66(41-20-12-18-39(3)34-41)56-36-52-59-46-24-10-8-22-44(46)57(37-58(59)68-61(52)47-25-11-9-23-45(47)56)67(42-21-13-19-40(4)35-42)55-33-17-30-51-49-28-15-31-53(65(5,6)7)62(49)70-64(51)55/h8-38H,1-7H3. The zero-order valence-electron chi connectivity index (χ0n) is 40.5. The Morgan fingerprint density at radius 2 is 0.829 bits per heavy atom. The summed E-state index contributed by atoms with van der Waals surface area (Å²) in [7, 11) is 0. The quantitative estimate of drug-likeness (QED) is 0.159. The molecule has 0 aliphatic heterocycles. The lowest BCUT2D eigenvalue weighted by atomic mass is 9.86. The maximum absolute atomic E-state index is 7.27. The number of para-hydroxylation sites is 4. The van der Waals surface area contributed by atoms with Crippen LogP contribution in [0.3, 0.4) is 0 Å². The number of benzene rings is 10. The minimum absolute atomic E-state index is 0.105. The van der Waals surface area contributed by atoms with Crippen LogP contribution in [0.1, 0.15) is 62.8 Å². The Bertz CT molecular complexity index is 4250. The molecule has 0 radical (unpaired) electrons. The molecule has 0 fully saturated rings. The summed E-state index contributed by atoms with van der Waals surface area (Å²) in [6, 6.07) is 65.7. The minimum atomic E-state index is -0.105. The average Bonchev–Trinajstić information content (AvgIpc) is 4.06. The molecule has 0 spiro atoms. The van der Waals surface area contributed by atoms with Crippen LogP contribution in [0.15, 0.2) is 195 Å². The van der Waals surface area contributed by atoms with Crippen LogP contribution in [0.4, 0.5) is 34.1 Å². The fourth-order valence-electron chi connectivity index (χ4n) is 11.2. The van der Waals surface area contributed by atoms with Crippen LogP contribution in [-0.2, 0) is 5.41 Å². The molecular weight excluding hydrogens is 857 g/mol. The fourth-order valence-corrected chi connectivity index (χ4v) is 11.2. The van der Waals surface area contributed by atoms with E-state index in [2.05, 4.69) is 240 Å². The molecule has 0 unspecified atom stereocenters. The molecule has 0 atom stereocenters. The number of anilines is 6. The van der Waals surface area contributed by atoms with Crippen molar-refractivity contribution in [2.24, 2.45) is 0 Å². The van der Waals surface area contributed by atoms with Gasteiger partial charge in [-0.2, -0.15) is 0 Å². The third kappa shape index (κ3) is 6.38. The highest BCUT2D eigenvalue weighted by atomic mass is 16.3. The first-order chi connectivity index (χ1) is 34.0. The van der Waals surface area contributed by atoms with E-state index in [1.807, 2.05) is 0 Å². The maximum Gasteiger partial charge on any atom is 0.159 e. The second kappa shape index (κ2) is 15.6. The molecule has 70 heavy (non-hydrogen) atoms. The number of nitrogens with zero attached hydrogens (tertiary/aromatic N) is 2. The molecule has 0 saturated carbocycles. The normalized spacial score (nSPS) is 12.3. The number of hydrogen-bond donors (Lipinski definition) is 0. The molecule has 3 aromatic heterocycles. The summed E-state index contributed by atoms with van der Waals surface area (Å²) in [5.41, 5.74) is 15.9. The summed E-state index contributed by atoms with van der Waals surface area (Å²) in [6.07, 6.45) is 0. The van der Waals surface area contributed by atoms with Gasteiger partial charge in [0.15, 0.2) is 11.2 Å². The second-order valence-corrected chi connectivity index (χ2v) is 20.4. The number of furan rings is 3. The molecule has 0 saturated heterocycles. The smallest absolute Gasteiger partial charge is 0.159 e. The molecule has 340 valence electrons. The fraction of sp³-hybridized carbons (Fsp3) is 0.138. The van der Waals surface area contributed by atoms with Gasteiger partial charge >= 0.3 is 0 Å². The van der Waals surface area contributed by atoms with Gasteiger partial charge in [-0.25, -0.2) is 0 Å². The lowest BCUT2D eigenvalue weighted by molar-refractivity contribution is 0.573. The lowest BCUT2D eigenvalue weighted by Crippen LogP contribution is -2.11. The van der Waals surface area contributed by atoms with Crippen molar-refractivity contribution in [3.8, 4) is 0 Å². The average molecular weight is 909 g/mol. The lowest BCUT2D eigenvalue weighted by Gasteiger charge is -2.27. The van der Waals surface area contributed by atoms with Crippen LogP contribution >= 0.6 is 0 Å². The highest BCUT2D eigenvalue weighted by molar-refractivity contribution is 6.28. The highest BCUT2D eigenvalue weighted by Gasteiger charge is 2.29. The molecule has 5 heteroatoms. The summed E-state index contributed by atoms with van der Waals surface area (Å²) in [5, 5.41) is 10.8. The summed E-state index contributed by atoms with van der Waals surface area (Å²) in [4.78, 5) is 4.76. The molecule has 0 bridgehead atoms. The second-order valence-electron chi connectivity index (χ2n) is 20.4. The molecule has 0 N–H and O–H groups in total. The van der Waals surface area contributed by atoms with Crippen LogP contribution in [-0.4, -0.2) is 0 Å². The molecular formula is C65H52N2O3. The van der Waals surface area contributed by atoms with E-state index >= 15 is 0 Å². The monoisotopic (exact) mass is 908 g/mol. The Morgan fingerprint density at radius 3 is 1.41 bits per heavy atom. The van der Waals surface area contributed by atoms with Crippen molar-refractivity contribution < 1.29 is 13.3 Å². The summed E-state index contributed by atoms with van der Waals surface area (Å²) < 4.78 is 21.4. The van der Waals surface area contributed by atoms with Crippen molar-refractivity contribution in [2.45, 2.75) is 59.8 Å². The largest absolute Gasteiger partial charge is 0.455 e. The van der Waals surface area contributed by atoms with Crippen molar-refractivity contribution in [1.82, 2.24) is 0 Å². The van der Waals surface area contributed by atoms with Gasteiger partial charge in [-0.1, -0.05) is 168 Å². The number of aryl methyl sites for hydroxylation is 2. The zero-order chi connectivity index (χ0) is 47.6. The van der Waals surface area contributed by atoms with Gasteiger partial charge < -0.3 is 23.1 Å². The van der Waals surface area contributed by atoms with Gasteiger partial charge in [0.2, 0.25) is 0 Å². The van der Waals surface area contributed by atoms with Crippen LogP contribution in [0.5, 0.6) is 0 Å². The first kappa shape index (κ1) is 41.9. The van der Waals surface area contributed by atoms with Gasteiger partial charge in [-0.3, -0.25) is 0 Å². The number of rotatable bonds is 7. The van der Waals surface area contributed by atoms with Crippen molar-refractivity contribution in [3.63, 3.8) is 0 Å². The molecule has 13 rings (SSSR count). The van der Waals surface area contributed by atoms with E-state index in [1.165, 1.54) is 22.3 Å². The maximum atomic E-state index is 7.27. The van der Waals surface area contributed by atoms with E-state index < -0.39 is 0 Å². The van der Waals surface area contributed by atoms with Gasteiger partial charge in [0.05, 0.1) is 22.7 Å². The third-order valence-corrected chi connectivity index (χ3v) is 14.4. The van der Waals surface area contributed by atoms with Crippen molar-refractivity contribution in [3.05, 3.63) is 204 Å². The summed E-state index contributed by atoms with van der Waals surface area (Å²) in [6.45, 7) is 15.5. The molecule has 0 amide bonds. The van der Waals surface area contributed by atoms with Gasteiger partial charge in [0.25, 0.3) is 0 Å². The minimum Gasteiger partial charge on any atom is -0.455 e. The third-order valence-electron chi connectivity index (χ3n) is 14.4. The number of fused-ring (bicyclic) bond motifs is 13. The van der Waals surface area contributed by atoms with Gasteiger partial charge in [-0.05, 0) is 89.7 Å². The van der Waals surface area contributed by atoms with Crippen LogP contribution < -0.4 is 9.80 Å².